The molecular weight excluding hydrogens is 489 g/mol. The van der Waals surface area contributed by atoms with Gasteiger partial charge in [-0.15, -0.1) is 0 Å². The molecule has 0 aromatic heterocycles. The number of hydrogen-bond acceptors (Lipinski definition) is 6. The minimum atomic E-state index is -4.32. The fraction of sp³-hybridized carbons (Fsp3) is 0.130. The van der Waals surface area contributed by atoms with E-state index in [1.807, 2.05) is 0 Å². The lowest BCUT2D eigenvalue weighted by Crippen LogP contribution is -2.33. The van der Waals surface area contributed by atoms with Crippen molar-refractivity contribution in [1.29, 1.82) is 0 Å². The molecule has 3 rings (SSSR count). The van der Waals surface area contributed by atoms with E-state index < -0.39 is 38.0 Å². The van der Waals surface area contributed by atoms with Crippen molar-refractivity contribution in [2.45, 2.75) is 23.5 Å². The van der Waals surface area contributed by atoms with Crippen molar-refractivity contribution in [1.82, 2.24) is 0 Å². The number of nitro benzene ring substituents is 1. The molecule has 0 heterocycles. The average molecular weight is 506 g/mol. The van der Waals surface area contributed by atoms with E-state index in [0.717, 1.165) is 11.6 Å². The maximum absolute atomic E-state index is 13.4. The summed E-state index contributed by atoms with van der Waals surface area (Å²) in [5.41, 5.74) is 0.299. The Kier molecular flexibility index (Phi) is 7.31. The number of rotatable bonds is 8. The van der Waals surface area contributed by atoms with Gasteiger partial charge in [0.2, 0.25) is 0 Å². The number of ketones is 2. The molecule has 0 aliphatic heterocycles. The molecule has 0 radical (unpaired) electrons. The predicted octanol–water partition coefficient (Wildman–Crippen LogP) is 5.51. The highest BCUT2D eigenvalue weighted by Gasteiger charge is 2.37. The molecule has 0 N–H and O–H groups in total. The summed E-state index contributed by atoms with van der Waals surface area (Å²) in [4.78, 5) is 36.5. The zero-order chi connectivity index (χ0) is 24.3. The maximum atomic E-state index is 13.4. The summed E-state index contributed by atoms with van der Waals surface area (Å²) in [6.07, 6.45) is -0.727. The van der Waals surface area contributed by atoms with Crippen LogP contribution >= 0.6 is 23.2 Å². The van der Waals surface area contributed by atoms with Gasteiger partial charge in [-0.05, 0) is 37.3 Å². The molecule has 0 unspecified atom stereocenters. The first-order valence-corrected chi connectivity index (χ1v) is 11.9. The van der Waals surface area contributed by atoms with Crippen LogP contribution in [0.4, 0.5) is 5.69 Å². The smallest absolute Gasteiger partial charge is 0.270 e. The van der Waals surface area contributed by atoms with E-state index in [1.54, 1.807) is 19.1 Å². The Hall–Kier alpha value is -3.07. The number of halogens is 2. The molecule has 1 atom stereocenters. The standard InChI is InChI=1S/C23H17Cl2NO6S/c1-14-5-8-18(9-6-14)33(31,32)22(23(28)19-10-7-16(24)12-20(19)25)13-21(27)15-3-2-4-17(11-15)26(29)30/h2-12,22H,13H2,1H3/t22-/m0/s1. The molecule has 7 nitrogen and oxygen atoms in total. The van der Waals surface area contributed by atoms with Crippen LogP contribution in [-0.2, 0) is 9.84 Å². The Labute approximate surface area is 200 Å². The first-order valence-electron chi connectivity index (χ1n) is 9.58. The Balaban J connectivity index is 2.07. The second-order valence-electron chi connectivity index (χ2n) is 7.27. The molecule has 33 heavy (non-hydrogen) atoms. The maximum Gasteiger partial charge on any atom is 0.270 e. The van der Waals surface area contributed by atoms with Crippen molar-refractivity contribution in [2.24, 2.45) is 0 Å². The third kappa shape index (κ3) is 5.47. The summed E-state index contributed by atoms with van der Waals surface area (Å²) < 4.78 is 26.9. The highest BCUT2D eigenvalue weighted by Crippen LogP contribution is 2.29. The SMILES string of the molecule is Cc1ccc(S(=O)(=O)[C@@H](CC(=O)c2cccc([N+](=O)[O-])c2)C(=O)c2ccc(Cl)cc2Cl)cc1. The molecule has 0 fully saturated rings. The topological polar surface area (TPSA) is 111 Å². The van der Waals surface area contributed by atoms with Gasteiger partial charge in [0.25, 0.3) is 5.69 Å². The Bertz CT molecular complexity index is 1350. The van der Waals surface area contributed by atoms with Crippen molar-refractivity contribution in [3.63, 3.8) is 0 Å². The molecule has 0 bridgehead atoms. The number of sulfone groups is 1. The highest BCUT2D eigenvalue weighted by atomic mass is 35.5. The number of aryl methyl sites for hydroxylation is 1. The molecule has 0 saturated carbocycles. The summed E-state index contributed by atoms with van der Waals surface area (Å²) in [5, 5.41) is 9.44. The van der Waals surface area contributed by atoms with Gasteiger partial charge >= 0.3 is 0 Å². The van der Waals surface area contributed by atoms with E-state index in [1.165, 1.54) is 48.5 Å². The van der Waals surface area contributed by atoms with E-state index in [0.29, 0.717) is 0 Å². The molecule has 0 spiro atoms. The number of nitrogens with zero attached hydrogens (tertiary/aromatic N) is 1. The van der Waals surface area contributed by atoms with Crippen molar-refractivity contribution >= 4 is 50.3 Å². The highest BCUT2D eigenvalue weighted by molar-refractivity contribution is 7.92. The molecule has 0 aliphatic carbocycles. The fourth-order valence-electron chi connectivity index (χ4n) is 3.18. The monoisotopic (exact) mass is 505 g/mol. The van der Waals surface area contributed by atoms with Gasteiger partial charge in [-0.2, -0.15) is 0 Å². The Morgan fingerprint density at radius 1 is 1.00 bits per heavy atom. The summed E-state index contributed by atoms with van der Waals surface area (Å²) in [6.45, 7) is 1.78. The van der Waals surface area contributed by atoms with Crippen LogP contribution in [0, 0.1) is 17.0 Å². The summed E-state index contributed by atoms with van der Waals surface area (Å²) >= 11 is 12.0. The molecule has 0 aliphatic rings. The third-order valence-electron chi connectivity index (χ3n) is 4.96. The van der Waals surface area contributed by atoms with E-state index in [4.69, 9.17) is 23.2 Å². The molecular formula is C23H17Cl2NO6S. The van der Waals surface area contributed by atoms with Gasteiger partial charge in [-0.3, -0.25) is 19.7 Å². The number of non-ortho nitro benzene ring substituents is 1. The van der Waals surface area contributed by atoms with Crippen LogP contribution in [0.15, 0.2) is 71.6 Å². The molecule has 0 saturated heterocycles. The first kappa shape index (κ1) is 24.6. The van der Waals surface area contributed by atoms with Gasteiger partial charge in [0.05, 0.1) is 14.8 Å². The first-order chi connectivity index (χ1) is 15.5. The average Bonchev–Trinajstić information content (AvgIpc) is 2.77. The van der Waals surface area contributed by atoms with Crippen LogP contribution in [0.1, 0.15) is 32.7 Å². The van der Waals surface area contributed by atoms with Gasteiger partial charge in [0.15, 0.2) is 21.4 Å². The van der Waals surface area contributed by atoms with Gasteiger partial charge in [0.1, 0.15) is 5.25 Å². The van der Waals surface area contributed by atoms with Crippen molar-refractivity contribution in [2.75, 3.05) is 0 Å². The lowest BCUT2D eigenvalue weighted by atomic mass is 10.0. The lowest BCUT2D eigenvalue weighted by Gasteiger charge is -2.17. The number of nitro groups is 1. The summed E-state index contributed by atoms with van der Waals surface area (Å²) in [7, 11) is -4.32. The number of carbonyl (C=O) groups is 2. The van der Waals surface area contributed by atoms with Crippen LogP contribution in [0.25, 0.3) is 0 Å². The second kappa shape index (κ2) is 9.82. The van der Waals surface area contributed by atoms with Crippen LogP contribution in [-0.4, -0.2) is 30.2 Å². The quantitative estimate of drug-likeness (QED) is 0.226. The van der Waals surface area contributed by atoms with Gasteiger partial charge < -0.3 is 0 Å². The fourth-order valence-corrected chi connectivity index (χ4v) is 5.30. The van der Waals surface area contributed by atoms with E-state index >= 15 is 0 Å². The zero-order valence-corrected chi connectivity index (χ0v) is 19.5. The summed E-state index contributed by atoms with van der Waals surface area (Å²) in [6, 6.07) is 14.7. The lowest BCUT2D eigenvalue weighted by molar-refractivity contribution is -0.384. The van der Waals surface area contributed by atoms with E-state index in [9.17, 15) is 28.1 Å². The van der Waals surface area contributed by atoms with E-state index in [-0.39, 0.29) is 31.8 Å². The van der Waals surface area contributed by atoms with Gasteiger partial charge in [-0.25, -0.2) is 8.42 Å². The van der Waals surface area contributed by atoms with Gasteiger partial charge in [0, 0.05) is 34.7 Å². The van der Waals surface area contributed by atoms with Gasteiger partial charge in [-0.1, -0.05) is 53.0 Å². The number of benzene rings is 3. The molecule has 10 heteroatoms. The molecule has 3 aromatic carbocycles. The van der Waals surface area contributed by atoms with Crippen molar-refractivity contribution in [3.05, 3.63) is 104 Å². The van der Waals surface area contributed by atoms with Crippen molar-refractivity contribution < 1.29 is 22.9 Å². The van der Waals surface area contributed by atoms with Crippen LogP contribution < -0.4 is 0 Å². The third-order valence-corrected chi connectivity index (χ3v) is 7.57. The number of Topliss-reactive ketones (excluding diaryl/α,β-unsaturated/α-hetero) is 2. The Morgan fingerprint density at radius 2 is 1.67 bits per heavy atom. The number of hydrogen-bond donors (Lipinski definition) is 0. The minimum Gasteiger partial charge on any atom is -0.294 e. The summed E-state index contributed by atoms with van der Waals surface area (Å²) in [5.74, 6) is -1.62. The van der Waals surface area contributed by atoms with E-state index in [2.05, 4.69) is 0 Å². The zero-order valence-electron chi connectivity index (χ0n) is 17.2. The van der Waals surface area contributed by atoms with Crippen LogP contribution in [0.3, 0.4) is 0 Å². The molecule has 3 aromatic rings. The van der Waals surface area contributed by atoms with Crippen LogP contribution in [0.5, 0.6) is 0 Å². The number of carbonyl (C=O) groups excluding carboxylic acids is 2. The molecule has 170 valence electrons. The van der Waals surface area contributed by atoms with Crippen molar-refractivity contribution in [3.8, 4) is 0 Å². The largest absolute Gasteiger partial charge is 0.294 e. The minimum absolute atomic E-state index is 0.0561. The predicted molar refractivity (Wildman–Crippen MR) is 125 cm³/mol. The normalized spacial score (nSPS) is 12.2. The van der Waals surface area contributed by atoms with Crippen LogP contribution in [0.2, 0.25) is 10.0 Å². The molecule has 0 amide bonds. The second-order valence-corrected chi connectivity index (χ2v) is 10.2. The Morgan fingerprint density at radius 3 is 2.27 bits per heavy atom.